The molecule has 0 fully saturated rings. The highest BCUT2D eigenvalue weighted by Crippen LogP contribution is 2.06. The second-order valence-electron chi connectivity index (χ2n) is 2.45. The van der Waals surface area contributed by atoms with Gasteiger partial charge in [0.15, 0.2) is 11.8 Å². The van der Waals surface area contributed by atoms with Gasteiger partial charge in [-0.2, -0.15) is 0 Å². The molecule has 0 aliphatic rings. The van der Waals surface area contributed by atoms with Gasteiger partial charge in [0.05, 0.1) is 6.33 Å². The molecule has 13 heavy (non-hydrogen) atoms. The molecular formula is C8H5N3O2. The summed E-state index contributed by atoms with van der Waals surface area (Å²) in [6.07, 6.45) is 3.30. The first-order valence-corrected chi connectivity index (χ1v) is 3.60. The van der Waals surface area contributed by atoms with Crippen molar-refractivity contribution in [3.8, 4) is 0 Å². The molecule has 0 spiro atoms. The van der Waals surface area contributed by atoms with Crippen molar-refractivity contribution in [2.75, 3.05) is 0 Å². The van der Waals surface area contributed by atoms with Gasteiger partial charge in [-0.1, -0.05) is 0 Å². The number of nitrogens with one attached hydrogen (secondary N) is 1. The zero-order chi connectivity index (χ0) is 9.26. The third-order valence-corrected chi connectivity index (χ3v) is 1.69. The second-order valence-corrected chi connectivity index (χ2v) is 2.45. The van der Waals surface area contributed by atoms with Crippen LogP contribution in [0.25, 0.3) is 11.0 Å². The van der Waals surface area contributed by atoms with Crippen LogP contribution in [0.4, 0.5) is 0 Å². The summed E-state index contributed by atoms with van der Waals surface area (Å²) in [5, 5.41) is 0. The maximum atomic E-state index is 11.2. The Morgan fingerprint density at radius 3 is 2.92 bits per heavy atom. The van der Waals surface area contributed by atoms with E-state index < -0.39 is 0 Å². The van der Waals surface area contributed by atoms with E-state index in [0.29, 0.717) is 17.4 Å². The zero-order valence-corrected chi connectivity index (χ0v) is 6.52. The predicted molar refractivity (Wildman–Crippen MR) is 45.5 cm³/mol. The SMILES string of the molecule is O=Cc1ccnc2c(=O)[nH]cnc12. The monoisotopic (exact) mass is 175 g/mol. The van der Waals surface area contributed by atoms with Gasteiger partial charge in [-0.3, -0.25) is 9.59 Å². The summed E-state index contributed by atoms with van der Waals surface area (Å²) < 4.78 is 0. The average molecular weight is 175 g/mol. The van der Waals surface area contributed by atoms with Crippen LogP contribution in [0.2, 0.25) is 0 Å². The lowest BCUT2D eigenvalue weighted by Crippen LogP contribution is -2.08. The predicted octanol–water partition coefficient (Wildman–Crippen LogP) is 0.131. The van der Waals surface area contributed by atoms with Crippen LogP contribution in [-0.2, 0) is 0 Å². The summed E-state index contributed by atoms with van der Waals surface area (Å²) in [5.74, 6) is 0. The molecule has 2 heterocycles. The fraction of sp³-hybridized carbons (Fsp3) is 0. The number of pyridine rings is 1. The molecule has 5 nitrogen and oxygen atoms in total. The number of hydrogen-bond donors (Lipinski definition) is 1. The standard InChI is InChI=1S/C8H5N3O2/c12-3-5-1-2-9-7-6(5)10-4-11-8(7)13/h1-4H,(H,10,11,13). The number of fused-ring (bicyclic) bond motifs is 1. The number of hydrogen-bond acceptors (Lipinski definition) is 4. The Labute approximate surface area is 72.5 Å². The Morgan fingerprint density at radius 2 is 2.15 bits per heavy atom. The first-order chi connectivity index (χ1) is 6.33. The third kappa shape index (κ3) is 1.10. The number of rotatable bonds is 1. The van der Waals surface area contributed by atoms with Crippen molar-refractivity contribution in [2.24, 2.45) is 0 Å². The molecule has 0 saturated heterocycles. The molecule has 2 aromatic heterocycles. The molecule has 0 aromatic carbocycles. The van der Waals surface area contributed by atoms with Crippen LogP contribution in [0, 0.1) is 0 Å². The molecule has 64 valence electrons. The summed E-state index contributed by atoms with van der Waals surface area (Å²) in [7, 11) is 0. The van der Waals surface area contributed by atoms with Gasteiger partial charge in [0, 0.05) is 11.8 Å². The Morgan fingerprint density at radius 1 is 1.31 bits per heavy atom. The van der Waals surface area contributed by atoms with Gasteiger partial charge in [-0.25, -0.2) is 9.97 Å². The minimum atomic E-state index is -0.339. The van der Waals surface area contributed by atoms with Crippen LogP contribution in [0.15, 0.2) is 23.4 Å². The van der Waals surface area contributed by atoms with Gasteiger partial charge >= 0.3 is 0 Å². The van der Waals surface area contributed by atoms with Crippen molar-refractivity contribution in [3.05, 3.63) is 34.5 Å². The van der Waals surface area contributed by atoms with Gasteiger partial charge in [0.25, 0.3) is 5.56 Å². The van der Waals surface area contributed by atoms with E-state index in [0.717, 1.165) is 0 Å². The van der Waals surface area contributed by atoms with Crippen molar-refractivity contribution in [1.82, 2.24) is 15.0 Å². The second kappa shape index (κ2) is 2.78. The van der Waals surface area contributed by atoms with Gasteiger partial charge in [-0.05, 0) is 6.07 Å². The van der Waals surface area contributed by atoms with Crippen LogP contribution >= 0.6 is 0 Å². The lowest BCUT2D eigenvalue weighted by molar-refractivity contribution is 0.112. The van der Waals surface area contributed by atoms with Crippen molar-refractivity contribution < 1.29 is 4.79 Å². The molecule has 0 aliphatic heterocycles. The Hall–Kier alpha value is -2.04. The van der Waals surface area contributed by atoms with E-state index in [-0.39, 0.29) is 11.1 Å². The number of aldehydes is 1. The van der Waals surface area contributed by atoms with Crippen LogP contribution in [0.5, 0.6) is 0 Å². The molecular weight excluding hydrogens is 170 g/mol. The topological polar surface area (TPSA) is 75.7 Å². The number of aromatic nitrogens is 3. The van der Waals surface area contributed by atoms with E-state index in [4.69, 9.17) is 0 Å². The molecule has 1 N–H and O–H groups in total. The highest BCUT2D eigenvalue weighted by molar-refractivity contribution is 5.92. The number of carbonyl (C=O) groups excluding carboxylic acids is 1. The van der Waals surface area contributed by atoms with Crippen LogP contribution in [0.1, 0.15) is 10.4 Å². The van der Waals surface area contributed by atoms with E-state index in [1.165, 1.54) is 18.6 Å². The van der Waals surface area contributed by atoms with Gasteiger partial charge < -0.3 is 4.98 Å². The van der Waals surface area contributed by atoms with E-state index in [1.807, 2.05) is 0 Å². The summed E-state index contributed by atoms with van der Waals surface area (Å²) in [5.41, 5.74) is 0.554. The van der Waals surface area contributed by atoms with E-state index in [2.05, 4.69) is 15.0 Å². The highest BCUT2D eigenvalue weighted by atomic mass is 16.1. The maximum absolute atomic E-state index is 11.2. The lowest BCUT2D eigenvalue weighted by Gasteiger charge is -1.95. The Balaban J connectivity index is 3.00. The van der Waals surface area contributed by atoms with E-state index in [1.54, 1.807) is 0 Å². The van der Waals surface area contributed by atoms with Crippen LogP contribution in [-0.4, -0.2) is 21.2 Å². The minimum absolute atomic E-state index is 0.187. The Bertz CT molecular complexity index is 518. The molecule has 2 rings (SSSR count). The molecule has 0 aliphatic carbocycles. The van der Waals surface area contributed by atoms with Crippen molar-refractivity contribution in [2.45, 2.75) is 0 Å². The highest BCUT2D eigenvalue weighted by Gasteiger charge is 2.04. The number of aromatic amines is 1. The molecule has 0 atom stereocenters. The van der Waals surface area contributed by atoms with E-state index >= 15 is 0 Å². The summed E-state index contributed by atoms with van der Waals surface area (Å²) in [4.78, 5) is 31.8. The minimum Gasteiger partial charge on any atom is -0.311 e. The first-order valence-electron chi connectivity index (χ1n) is 3.60. The van der Waals surface area contributed by atoms with E-state index in [9.17, 15) is 9.59 Å². The summed E-state index contributed by atoms with van der Waals surface area (Å²) >= 11 is 0. The fourth-order valence-corrected chi connectivity index (χ4v) is 1.09. The lowest BCUT2D eigenvalue weighted by atomic mass is 10.2. The van der Waals surface area contributed by atoms with Gasteiger partial charge in [0.1, 0.15) is 5.52 Å². The normalized spacial score (nSPS) is 10.2. The summed E-state index contributed by atoms with van der Waals surface area (Å²) in [6, 6.07) is 1.52. The number of nitrogens with zero attached hydrogens (tertiary/aromatic N) is 2. The first kappa shape index (κ1) is 7.60. The van der Waals surface area contributed by atoms with Crippen LogP contribution < -0.4 is 5.56 Å². The van der Waals surface area contributed by atoms with Crippen LogP contribution in [0.3, 0.4) is 0 Å². The van der Waals surface area contributed by atoms with Crippen molar-refractivity contribution >= 4 is 17.3 Å². The van der Waals surface area contributed by atoms with Gasteiger partial charge in [-0.15, -0.1) is 0 Å². The molecule has 0 radical (unpaired) electrons. The molecule has 2 aromatic rings. The quantitative estimate of drug-likeness (QED) is 0.625. The molecule has 0 unspecified atom stereocenters. The summed E-state index contributed by atoms with van der Waals surface area (Å²) in [6.45, 7) is 0. The van der Waals surface area contributed by atoms with Gasteiger partial charge in [0.2, 0.25) is 0 Å². The average Bonchev–Trinajstić information content (AvgIpc) is 2.18. The van der Waals surface area contributed by atoms with Crippen molar-refractivity contribution in [1.29, 1.82) is 0 Å². The maximum Gasteiger partial charge on any atom is 0.277 e. The number of H-pyrrole nitrogens is 1. The third-order valence-electron chi connectivity index (χ3n) is 1.69. The van der Waals surface area contributed by atoms with Crippen molar-refractivity contribution in [3.63, 3.8) is 0 Å². The Kier molecular flexibility index (Phi) is 1.63. The largest absolute Gasteiger partial charge is 0.311 e. The molecule has 0 saturated carbocycles. The molecule has 0 bridgehead atoms. The number of carbonyl (C=O) groups is 1. The zero-order valence-electron chi connectivity index (χ0n) is 6.52. The smallest absolute Gasteiger partial charge is 0.277 e. The fourth-order valence-electron chi connectivity index (χ4n) is 1.09. The molecule has 0 amide bonds. The molecule has 5 heteroatoms.